The van der Waals surface area contributed by atoms with E-state index in [0.29, 0.717) is 5.41 Å². The first kappa shape index (κ1) is 77.8. The van der Waals surface area contributed by atoms with Crippen LogP contribution in [0, 0.1) is 53.9 Å². The van der Waals surface area contributed by atoms with Crippen molar-refractivity contribution >= 4 is 86.2 Å². The van der Waals surface area contributed by atoms with Gasteiger partial charge in [-0.1, -0.05) is 437 Å². The second-order valence-corrected chi connectivity index (χ2v) is 34.5. The molecule has 0 aliphatic heterocycles. The predicted molar refractivity (Wildman–Crippen MR) is 496 cm³/mol. The van der Waals surface area contributed by atoms with Crippen LogP contribution in [-0.2, 0) is 16.2 Å². The highest BCUT2D eigenvalue weighted by Crippen LogP contribution is 2.52. The first-order valence-corrected chi connectivity index (χ1v) is 40.4. The molecular formula is C113H108. The van der Waals surface area contributed by atoms with E-state index >= 15 is 0 Å². The Morgan fingerprint density at radius 2 is 0.487 bits per heavy atom. The van der Waals surface area contributed by atoms with Crippen molar-refractivity contribution in [2.75, 3.05) is 0 Å². The fourth-order valence-corrected chi connectivity index (χ4v) is 17.3. The van der Waals surface area contributed by atoms with Gasteiger partial charge in [0, 0.05) is 16.2 Å². The van der Waals surface area contributed by atoms with Crippen LogP contribution < -0.4 is 0 Å². The molecule has 18 aromatic rings. The summed E-state index contributed by atoms with van der Waals surface area (Å²) in [5.41, 5.74) is 27.6. The Labute approximate surface area is 672 Å². The molecule has 3 aliphatic carbocycles. The Kier molecular flexibility index (Phi) is 22.3. The molecule has 0 radical (unpaired) electrons. The normalized spacial score (nSPS) is 13.0. The fraction of sp³-hybridized carbons (Fsp3) is 0.186. The van der Waals surface area contributed by atoms with Gasteiger partial charge < -0.3 is 0 Å². The van der Waals surface area contributed by atoms with Gasteiger partial charge in [0.05, 0.1) is 0 Å². The minimum Gasteiger partial charge on any atom is -0.0619 e. The maximum absolute atomic E-state index is 2.33. The highest BCUT2D eigenvalue weighted by Gasteiger charge is 2.37. The van der Waals surface area contributed by atoms with Crippen LogP contribution in [0.15, 0.2) is 346 Å². The lowest BCUT2D eigenvalue weighted by Crippen LogP contribution is -2.14. The molecule has 0 atom stereocenters. The van der Waals surface area contributed by atoms with E-state index in [0.717, 1.165) is 0 Å². The van der Waals surface area contributed by atoms with Gasteiger partial charge in [-0.2, -0.15) is 0 Å². The fourth-order valence-electron chi connectivity index (χ4n) is 17.3. The van der Waals surface area contributed by atoms with Gasteiger partial charge in [-0.3, -0.25) is 0 Å². The molecule has 0 aromatic heterocycles. The van der Waals surface area contributed by atoms with Crippen molar-refractivity contribution in [3.63, 3.8) is 0 Å². The van der Waals surface area contributed by atoms with Crippen LogP contribution in [0.4, 0.5) is 0 Å². The molecule has 0 heteroatoms. The maximum atomic E-state index is 2.33. The number of hydrogen-bond acceptors (Lipinski definition) is 0. The standard InChI is InChI=1S/3C16H16.4C15H12.C5H12/c1-11-7-6-10-14-15(11)12-8-4-5-9-13(12)16(14,2)3;1-11-8-9-15-13(10-11)12-6-4-5-7-14(12)16(15,2)3;1-11-8-9-13-12-6-4-5-7-14(12)16(2,3)15(13)10-11;1-11-10-12-6-2-3-8-14(12)15-9-5-4-7-13(11)15;1-11-5-4-8-15-13(11)10-9-12-6-2-3-7-14(12)15;1-11-6-9-15-13(10-11)8-7-12-4-2-3-5-14(12)15;1-11-6-7-13-9-8-12-4-2-3-5-14(12)15(13)10-11;1-5(2,3)4/h3*4-10H,1-3H3;4*2-10H,1H3;1-4H3. The van der Waals surface area contributed by atoms with Crippen molar-refractivity contribution < 1.29 is 0 Å². The Morgan fingerprint density at radius 3 is 1.10 bits per heavy atom. The molecule has 21 rings (SSSR count). The van der Waals surface area contributed by atoms with Gasteiger partial charge in [0.2, 0.25) is 0 Å². The molecule has 0 N–H and O–H groups in total. The molecule has 0 spiro atoms. The molecule has 0 fully saturated rings. The van der Waals surface area contributed by atoms with Gasteiger partial charge in [-0.05, 0) is 224 Å². The van der Waals surface area contributed by atoms with Crippen molar-refractivity contribution in [2.45, 2.75) is 134 Å². The molecule has 3 aliphatic rings. The first-order valence-electron chi connectivity index (χ1n) is 40.4. The van der Waals surface area contributed by atoms with E-state index in [1.165, 1.54) is 192 Å². The summed E-state index contributed by atoms with van der Waals surface area (Å²) in [6.45, 7) is 37.8. The smallest absolute Gasteiger partial charge is 0.0158 e. The van der Waals surface area contributed by atoms with Crippen LogP contribution in [0.1, 0.15) is 142 Å². The summed E-state index contributed by atoms with van der Waals surface area (Å²) in [6.07, 6.45) is 0. The zero-order chi connectivity index (χ0) is 79.5. The van der Waals surface area contributed by atoms with Gasteiger partial charge in [-0.25, -0.2) is 0 Å². The number of rotatable bonds is 0. The second kappa shape index (κ2) is 32.4. The predicted octanol–water partition coefficient (Wildman–Crippen LogP) is 32.2. The maximum Gasteiger partial charge on any atom is 0.0158 e. The molecule has 0 nitrogen and oxygen atoms in total. The third-order valence-electron chi connectivity index (χ3n) is 23.1. The number of aryl methyl sites for hydroxylation is 7. The summed E-state index contributed by atoms with van der Waals surface area (Å²) in [4.78, 5) is 0. The average Bonchev–Trinajstić information content (AvgIpc) is 1.58. The minimum atomic E-state index is 0.151. The van der Waals surface area contributed by atoms with Crippen LogP contribution in [0.5, 0.6) is 0 Å². The zero-order valence-corrected chi connectivity index (χ0v) is 69.4. The van der Waals surface area contributed by atoms with Gasteiger partial charge in [0.25, 0.3) is 0 Å². The highest BCUT2D eigenvalue weighted by molar-refractivity contribution is 6.11. The van der Waals surface area contributed by atoms with Gasteiger partial charge in [0.1, 0.15) is 0 Å². The third-order valence-corrected chi connectivity index (χ3v) is 23.1. The largest absolute Gasteiger partial charge is 0.0619 e. The van der Waals surface area contributed by atoms with Gasteiger partial charge >= 0.3 is 0 Å². The summed E-state index contributed by atoms with van der Waals surface area (Å²) >= 11 is 0. The van der Waals surface area contributed by atoms with Crippen molar-refractivity contribution in [3.8, 4) is 33.4 Å². The van der Waals surface area contributed by atoms with E-state index in [1.807, 2.05) is 0 Å². The second-order valence-electron chi connectivity index (χ2n) is 34.5. The van der Waals surface area contributed by atoms with Gasteiger partial charge in [-0.15, -0.1) is 0 Å². The summed E-state index contributed by atoms with van der Waals surface area (Å²) in [7, 11) is 0. The van der Waals surface area contributed by atoms with Crippen LogP contribution in [-0.4, -0.2) is 0 Å². The number of benzene rings is 18. The molecule has 0 heterocycles. The van der Waals surface area contributed by atoms with E-state index in [2.05, 4.69) is 463 Å². The Balaban J connectivity index is 0.000000108. The summed E-state index contributed by atoms with van der Waals surface area (Å²) in [6, 6.07) is 125. The monoisotopic (exact) mass is 1460 g/mol. The molecule has 113 heavy (non-hydrogen) atoms. The Bertz CT molecular complexity index is 6450. The van der Waals surface area contributed by atoms with Crippen molar-refractivity contribution in [3.05, 3.63) is 418 Å². The lowest BCUT2D eigenvalue weighted by Gasteiger charge is -2.21. The molecule has 0 saturated heterocycles. The van der Waals surface area contributed by atoms with E-state index in [1.54, 1.807) is 0 Å². The van der Waals surface area contributed by atoms with Gasteiger partial charge in [0.15, 0.2) is 0 Å². The molecule has 0 amide bonds. The lowest BCUT2D eigenvalue weighted by molar-refractivity contribution is 0.469. The Morgan fingerprint density at radius 1 is 0.177 bits per heavy atom. The van der Waals surface area contributed by atoms with E-state index in [4.69, 9.17) is 0 Å². The summed E-state index contributed by atoms with van der Waals surface area (Å²) < 4.78 is 0. The van der Waals surface area contributed by atoms with Crippen LogP contribution >= 0.6 is 0 Å². The molecule has 0 bridgehead atoms. The highest BCUT2D eigenvalue weighted by atomic mass is 14.4. The van der Waals surface area contributed by atoms with Crippen LogP contribution in [0.3, 0.4) is 0 Å². The van der Waals surface area contributed by atoms with Crippen molar-refractivity contribution in [2.24, 2.45) is 5.41 Å². The zero-order valence-electron chi connectivity index (χ0n) is 69.4. The topological polar surface area (TPSA) is 0 Å². The van der Waals surface area contributed by atoms with Crippen LogP contribution in [0.25, 0.3) is 120 Å². The van der Waals surface area contributed by atoms with Crippen molar-refractivity contribution in [1.29, 1.82) is 0 Å². The molecule has 18 aromatic carbocycles. The van der Waals surface area contributed by atoms with E-state index in [-0.39, 0.29) is 16.2 Å². The van der Waals surface area contributed by atoms with E-state index in [9.17, 15) is 0 Å². The van der Waals surface area contributed by atoms with Crippen molar-refractivity contribution in [1.82, 2.24) is 0 Å². The lowest BCUT2D eigenvalue weighted by atomic mass is 9.82. The molecule has 0 saturated carbocycles. The van der Waals surface area contributed by atoms with E-state index < -0.39 is 0 Å². The quantitative estimate of drug-likeness (QED) is 0.133. The summed E-state index contributed by atoms with van der Waals surface area (Å²) in [5.74, 6) is 0. The minimum absolute atomic E-state index is 0.151. The third kappa shape index (κ3) is 16.3. The molecular weight excluding hydrogens is 1360 g/mol. The Hall–Kier alpha value is -12.0. The molecule has 560 valence electrons. The first-order chi connectivity index (χ1) is 54.2. The SMILES string of the molecule is CC(C)(C)C.Cc1cc2ccccc2c2ccccc12.Cc1ccc2c(c1)-c1ccccc1C2(C)C.Cc1ccc2c(c1)C(C)(C)c1ccccc1-2.Cc1ccc2c(ccc3ccccc32)c1.Cc1ccc2ccc3ccccc3c2c1.Cc1cccc2c1-c1ccccc1C2(C)C.Cc1cccc2c1ccc1ccccc12. The number of fused-ring (bicyclic) bond motifs is 21. The molecule has 0 unspecified atom stereocenters. The summed E-state index contributed by atoms with van der Waals surface area (Å²) in [5, 5.41) is 21.4. The van der Waals surface area contributed by atoms with Crippen LogP contribution in [0.2, 0.25) is 0 Å². The number of hydrogen-bond donors (Lipinski definition) is 0. The average molecular weight is 1470 g/mol.